The number of aromatic nitrogens is 12. The zero-order valence-electron chi connectivity index (χ0n) is 77.2. The average molecular weight is 2080 g/mol. The molecule has 0 aliphatic heterocycles. The van der Waals surface area contributed by atoms with Gasteiger partial charge < -0.3 is 42.5 Å². The zero-order valence-corrected chi connectivity index (χ0v) is 84.2. The van der Waals surface area contributed by atoms with Crippen LogP contribution in [-0.4, -0.2) is 150 Å². The summed E-state index contributed by atoms with van der Waals surface area (Å²) in [5, 5.41) is 41.6. The van der Waals surface area contributed by atoms with Crippen molar-refractivity contribution in [3.05, 3.63) is 306 Å². The van der Waals surface area contributed by atoms with Crippen molar-refractivity contribution < 1.29 is 71.6 Å². The summed E-state index contributed by atoms with van der Waals surface area (Å²) >= 11 is 31.5. The summed E-state index contributed by atoms with van der Waals surface area (Å²) in [5.41, 5.74) is 12.7. The Morgan fingerprint density at radius 3 is 1.34 bits per heavy atom. The fraction of sp³-hybridized carbons (Fsp3) is 0.257. The second-order valence-electron chi connectivity index (χ2n) is 32.4. The molecule has 0 bridgehead atoms. The third-order valence-corrected chi connectivity index (χ3v) is 25.3. The van der Waals surface area contributed by atoms with Crippen molar-refractivity contribution in [1.29, 1.82) is 15.8 Å². The minimum atomic E-state index is -3.24. The molecule has 726 valence electrons. The number of nitrogens with zero attached hydrogens (tertiary/aromatic N) is 15. The van der Waals surface area contributed by atoms with Crippen molar-refractivity contribution in [2.24, 2.45) is 0 Å². The molecule has 6 heterocycles. The highest BCUT2D eigenvalue weighted by atomic mass is 35.5. The number of halogens is 5. The van der Waals surface area contributed by atoms with Crippen molar-refractivity contribution >= 4 is 130 Å². The standard InChI is InChI=1S/C27H22Cl2N2O4S.C26H26ClN3O4S.C25H23ClN4O4S.C23H21ClN6O4S/c1-3-18-13-20(15-25(29)27(18)34-12-10-28)23-6-4-5-19-14-22(7-8-24(19)23)35-16-21-9-11-30-26(31-21)17-36(2,32)33;1-3-10-33-26-19(14-28)11-18(13-24(26)27)23-6-4-17-12-21(5-7-22(17)23)34-15-20-8-9-29-25(30-20)16-35(2,31)32;1-3-10-33-25-18(14-27)11-20(13-22(25)26)30-9-7-17-12-21(4-5-23(17)30)34-15-19-6-8-28-24(29-19)16-35(2,31)32;1-3-8-33-23-15(12-25)9-17(10-19(23)24)30-21-5-4-18(11-20(21)28-29-30)34-13-16-6-7-26-22(27-16)14-35(2,31)32/h1,4-9,11,13-15H,10,12,16-17H2,2H3;5,7-9,11-13,23H,3-4,6,10,15-16H2,1-2H3;4-9,11-13H,3,10,15-16H2,1-2H3;4-7,9-11H,3,8,13-14H2,1-2H3. The molecule has 16 rings (SSSR count). The maximum atomic E-state index is 11.5. The van der Waals surface area contributed by atoms with Gasteiger partial charge in [0.2, 0.25) is 0 Å². The number of aryl methyl sites for hydroxylation is 1. The van der Waals surface area contributed by atoms with E-state index in [4.69, 9.17) is 102 Å². The first-order chi connectivity index (χ1) is 67.6. The van der Waals surface area contributed by atoms with E-state index in [1.54, 1.807) is 77.6 Å². The number of alkyl halides is 1. The van der Waals surface area contributed by atoms with Gasteiger partial charge in [0.15, 0.2) is 62.3 Å². The molecule has 0 saturated heterocycles. The van der Waals surface area contributed by atoms with Gasteiger partial charge in [-0.3, -0.25) is 0 Å². The molecule has 141 heavy (non-hydrogen) atoms. The van der Waals surface area contributed by atoms with Crippen LogP contribution in [0.3, 0.4) is 0 Å². The lowest BCUT2D eigenvalue weighted by atomic mass is 9.91. The topological polar surface area (TPSA) is 421 Å². The van der Waals surface area contributed by atoms with Crippen LogP contribution < -0.4 is 37.9 Å². The molecule has 9 aromatic carbocycles. The molecule has 1 unspecified atom stereocenters. The maximum Gasteiger partial charge on any atom is 0.155 e. The summed E-state index contributed by atoms with van der Waals surface area (Å²) in [7, 11) is -12.9. The van der Waals surface area contributed by atoms with Crippen molar-refractivity contribution in [2.45, 2.75) is 108 Å². The third kappa shape index (κ3) is 29.0. The predicted octanol–water partition coefficient (Wildman–Crippen LogP) is 19.2. The monoisotopic (exact) mass is 2070 g/mol. The molecular weight excluding hydrogens is 1980 g/mol. The van der Waals surface area contributed by atoms with Gasteiger partial charge in [0, 0.05) is 79.1 Å². The Morgan fingerprint density at radius 1 is 0.433 bits per heavy atom. The summed E-state index contributed by atoms with van der Waals surface area (Å²) in [6, 6.07) is 58.2. The van der Waals surface area contributed by atoms with Gasteiger partial charge in [-0.2, -0.15) is 15.8 Å². The summed E-state index contributed by atoms with van der Waals surface area (Å²) < 4.78 is 142. The minimum absolute atomic E-state index is 0.124. The van der Waals surface area contributed by atoms with E-state index in [9.17, 15) is 49.5 Å². The van der Waals surface area contributed by atoms with E-state index in [2.05, 4.69) is 80.4 Å². The van der Waals surface area contributed by atoms with E-state index in [1.807, 2.05) is 129 Å². The van der Waals surface area contributed by atoms with Crippen LogP contribution in [0.5, 0.6) is 46.0 Å². The molecule has 6 aromatic heterocycles. The SMILES string of the molecule is C#Cc1cc(-c2cccc3cc(OCc4ccnc(CS(C)(=O)=O)n4)ccc23)cc(Cl)c1OCCCl.CCCOc1c(Cl)cc(-n2ccc3cc(OCc4ccnc(CS(C)(=O)=O)n4)ccc32)cc1C#N.CCCOc1c(Cl)cc(-n2nnc3cc(OCc4ccnc(CS(C)(=O)=O)n4)ccc32)cc1C#N.CCCOc1c(Cl)cc(C2CCc3cc(OCc4ccnc(CS(C)(=O)=O)n4)ccc32)cc1C#N. The molecule has 31 nitrogen and oxygen atoms in total. The zero-order chi connectivity index (χ0) is 101. The fourth-order valence-electron chi connectivity index (χ4n) is 14.9. The number of nitriles is 3. The van der Waals surface area contributed by atoms with Gasteiger partial charge in [-0.1, -0.05) is 109 Å². The molecule has 1 aliphatic carbocycles. The summed E-state index contributed by atoms with van der Waals surface area (Å²) in [6.45, 7) is 8.40. The Labute approximate surface area is 841 Å². The molecule has 0 spiro atoms. The lowest BCUT2D eigenvalue weighted by molar-refractivity contribution is 0.300. The first kappa shape index (κ1) is 105. The van der Waals surface area contributed by atoms with Gasteiger partial charge >= 0.3 is 0 Å². The minimum Gasteiger partial charge on any atom is -0.491 e. The van der Waals surface area contributed by atoms with Gasteiger partial charge in [0.25, 0.3) is 0 Å². The Kier molecular flexibility index (Phi) is 35.5. The summed E-state index contributed by atoms with van der Waals surface area (Å²) in [4.78, 5) is 33.1. The van der Waals surface area contributed by atoms with Crippen LogP contribution in [0.25, 0.3) is 55.2 Å². The second-order valence-corrected chi connectivity index (χ2v) is 42.9. The highest BCUT2D eigenvalue weighted by molar-refractivity contribution is 7.90. The largest absolute Gasteiger partial charge is 0.491 e. The fourth-order valence-corrected chi connectivity index (χ4v) is 18.5. The number of hydrogen-bond acceptors (Lipinski definition) is 29. The van der Waals surface area contributed by atoms with Crippen LogP contribution in [0.15, 0.2) is 201 Å². The molecule has 0 saturated carbocycles. The molecule has 0 N–H and O–H groups in total. The predicted molar refractivity (Wildman–Crippen MR) is 540 cm³/mol. The average Bonchev–Trinajstić information content (AvgIpc) is 1.74. The first-order valence-electron chi connectivity index (χ1n) is 43.8. The number of sulfone groups is 4. The second kappa shape index (κ2) is 47.9. The van der Waals surface area contributed by atoms with Crippen molar-refractivity contribution in [1.82, 2.24) is 59.4 Å². The normalized spacial score (nSPS) is 12.2. The summed E-state index contributed by atoms with van der Waals surface area (Å²) in [5.74, 6) is 7.37. The van der Waals surface area contributed by atoms with Gasteiger partial charge in [-0.15, -0.1) is 23.1 Å². The van der Waals surface area contributed by atoms with Crippen LogP contribution in [0, 0.1) is 46.3 Å². The van der Waals surface area contributed by atoms with Crippen LogP contribution in [0.4, 0.5) is 0 Å². The molecule has 15 aromatic rings. The molecule has 1 atom stereocenters. The van der Waals surface area contributed by atoms with E-state index >= 15 is 0 Å². The van der Waals surface area contributed by atoms with E-state index < -0.39 is 39.3 Å². The number of hydrogen-bond donors (Lipinski definition) is 0. The molecular formula is C101H92Cl5N15O16S4. The Bertz CT molecular complexity index is 7600. The maximum absolute atomic E-state index is 11.5. The van der Waals surface area contributed by atoms with Crippen LogP contribution in [-0.2, 0) is 95.2 Å². The number of rotatable bonds is 36. The Morgan fingerprint density at radius 2 is 0.858 bits per heavy atom. The van der Waals surface area contributed by atoms with E-state index in [-0.39, 0.29) is 78.7 Å². The molecule has 0 fully saturated rings. The smallest absolute Gasteiger partial charge is 0.155 e. The molecule has 0 radical (unpaired) electrons. The Balaban J connectivity index is 0.000000158. The van der Waals surface area contributed by atoms with Crippen LogP contribution >= 0.6 is 58.0 Å². The number of benzene rings is 9. The quantitative estimate of drug-likeness (QED) is 0.0260. The van der Waals surface area contributed by atoms with Crippen LogP contribution in [0.1, 0.15) is 137 Å². The molecule has 40 heteroatoms. The van der Waals surface area contributed by atoms with Gasteiger partial charge in [-0.25, -0.2) is 78.2 Å². The number of terminal acetylenes is 1. The van der Waals surface area contributed by atoms with Gasteiger partial charge in [0.05, 0.1) is 108 Å². The highest BCUT2D eigenvalue weighted by Gasteiger charge is 2.28. The first-order valence-corrected chi connectivity index (χ1v) is 54.0. The van der Waals surface area contributed by atoms with Crippen molar-refractivity contribution in [3.8, 4) is 99.0 Å². The summed E-state index contributed by atoms with van der Waals surface area (Å²) in [6.07, 6.45) is 22.5. The number of fused-ring (bicyclic) bond motifs is 4. The highest BCUT2D eigenvalue weighted by Crippen LogP contribution is 2.45. The van der Waals surface area contributed by atoms with E-state index in [0.29, 0.717) is 160 Å². The van der Waals surface area contributed by atoms with Crippen molar-refractivity contribution in [2.75, 3.05) is 57.3 Å². The van der Waals surface area contributed by atoms with Gasteiger partial charge in [-0.05, 0) is 204 Å². The Hall–Kier alpha value is -13.8. The lowest BCUT2D eigenvalue weighted by Crippen LogP contribution is -2.08. The van der Waals surface area contributed by atoms with E-state index in [0.717, 1.165) is 101 Å². The van der Waals surface area contributed by atoms with Crippen molar-refractivity contribution in [3.63, 3.8) is 0 Å². The molecule has 1 aliphatic rings. The number of ether oxygens (including phenoxy) is 8. The third-order valence-electron chi connectivity index (χ3n) is 20.9. The molecule has 0 amide bonds. The van der Waals surface area contributed by atoms with E-state index in [1.165, 1.54) is 29.7 Å². The lowest BCUT2D eigenvalue weighted by Gasteiger charge is -2.16. The van der Waals surface area contributed by atoms with Crippen LogP contribution in [0.2, 0.25) is 20.1 Å². The van der Waals surface area contributed by atoms with Gasteiger partial charge in [0.1, 0.15) is 126 Å².